The maximum atomic E-state index is 9.48. The highest BCUT2D eigenvalue weighted by Gasteiger charge is 2.22. The zero-order valence-corrected chi connectivity index (χ0v) is 11.5. The average Bonchev–Trinajstić information content (AvgIpc) is 2.39. The molecular weight excluding hydrogens is 226 g/mol. The Morgan fingerprint density at radius 3 is 2.78 bits per heavy atom. The fourth-order valence-electron chi connectivity index (χ4n) is 2.42. The van der Waals surface area contributed by atoms with Crippen LogP contribution in [-0.4, -0.2) is 48.2 Å². The lowest BCUT2D eigenvalue weighted by molar-refractivity contribution is 0.199. The highest BCUT2D eigenvalue weighted by Crippen LogP contribution is 2.21. The molecule has 100 valence electrons. The Bertz CT molecular complexity index is 375. The smallest absolute Gasteiger partial charge is 0.128 e. The molecule has 0 radical (unpaired) electrons. The van der Waals surface area contributed by atoms with Crippen molar-refractivity contribution in [2.24, 2.45) is 0 Å². The summed E-state index contributed by atoms with van der Waals surface area (Å²) in [6.45, 7) is 3.87. The van der Waals surface area contributed by atoms with Crippen molar-refractivity contribution in [2.75, 3.05) is 32.1 Å². The van der Waals surface area contributed by atoms with Crippen molar-refractivity contribution in [2.45, 2.75) is 31.9 Å². The van der Waals surface area contributed by atoms with Gasteiger partial charge in [0.2, 0.25) is 0 Å². The van der Waals surface area contributed by atoms with E-state index in [1.165, 1.54) is 12.8 Å². The summed E-state index contributed by atoms with van der Waals surface area (Å²) in [5.74, 6) is 1.02. The Morgan fingerprint density at radius 1 is 1.44 bits per heavy atom. The van der Waals surface area contributed by atoms with Crippen LogP contribution in [-0.2, 0) is 0 Å². The van der Waals surface area contributed by atoms with E-state index in [0.717, 1.165) is 24.5 Å². The maximum absolute atomic E-state index is 9.48. The van der Waals surface area contributed by atoms with E-state index in [2.05, 4.69) is 28.9 Å². The summed E-state index contributed by atoms with van der Waals surface area (Å²) >= 11 is 0. The molecule has 0 aromatic carbocycles. The average molecular weight is 249 g/mol. The van der Waals surface area contributed by atoms with Gasteiger partial charge in [-0.2, -0.15) is 0 Å². The lowest BCUT2D eigenvalue weighted by Gasteiger charge is -2.36. The quantitative estimate of drug-likeness (QED) is 0.884. The first-order chi connectivity index (χ1) is 8.58. The molecule has 1 fully saturated rings. The van der Waals surface area contributed by atoms with Gasteiger partial charge in [0, 0.05) is 25.3 Å². The Morgan fingerprint density at radius 2 is 2.22 bits per heavy atom. The number of nitrogens with zero attached hydrogens (tertiary/aromatic N) is 3. The van der Waals surface area contributed by atoms with Crippen LogP contribution in [0.15, 0.2) is 18.3 Å². The van der Waals surface area contributed by atoms with Gasteiger partial charge in [-0.3, -0.25) is 0 Å². The number of hydrogen-bond acceptors (Lipinski definition) is 4. The van der Waals surface area contributed by atoms with Crippen LogP contribution in [0.2, 0.25) is 0 Å². The molecular formula is C14H23N3O. The Kier molecular flexibility index (Phi) is 4.19. The number of rotatable bonds is 3. The normalized spacial score (nSPS) is 22.3. The van der Waals surface area contributed by atoms with Gasteiger partial charge in [0.25, 0.3) is 0 Å². The molecule has 2 rings (SSSR count). The molecule has 0 spiro atoms. The largest absolute Gasteiger partial charge is 0.389 e. The predicted octanol–water partition coefficient (Wildman–Crippen LogP) is 1.67. The molecule has 2 heterocycles. The number of hydrogen-bond donors (Lipinski definition) is 1. The first kappa shape index (κ1) is 13.3. The molecule has 0 saturated carbocycles. The monoisotopic (exact) mass is 249 g/mol. The molecule has 18 heavy (non-hydrogen) atoms. The Hall–Kier alpha value is -1.13. The molecule has 1 saturated heterocycles. The van der Waals surface area contributed by atoms with Crippen LogP contribution in [0, 0.1) is 0 Å². The van der Waals surface area contributed by atoms with Crippen molar-refractivity contribution in [1.29, 1.82) is 0 Å². The minimum absolute atomic E-state index is 0.442. The van der Waals surface area contributed by atoms with Gasteiger partial charge in [-0.1, -0.05) is 6.07 Å². The number of aromatic nitrogens is 1. The van der Waals surface area contributed by atoms with Crippen molar-refractivity contribution in [3.63, 3.8) is 0 Å². The molecule has 1 aliphatic heterocycles. The summed E-state index contributed by atoms with van der Waals surface area (Å²) in [7, 11) is 4.27. The van der Waals surface area contributed by atoms with Crippen molar-refractivity contribution in [3.8, 4) is 0 Å². The molecule has 1 aromatic heterocycles. The fourth-order valence-corrected chi connectivity index (χ4v) is 2.42. The van der Waals surface area contributed by atoms with E-state index in [4.69, 9.17) is 0 Å². The van der Waals surface area contributed by atoms with Crippen molar-refractivity contribution >= 4 is 5.82 Å². The molecule has 4 heteroatoms. The minimum Gasteiger partial charge on any atom is -0.389 e. The maximum Gasteiger partial charge on any atom is 0.128 e. The van der Waals surface area contributed by atoms with Gasteiger partial charge in [0.05, 0.1) is 6.10 Å². The molecule has 1 aliphatic rings. The van der Waals surface area contributed by atoms with Crippen LogP contribution in [0.5, 0.6) is 0 Å². The van der Waals surface area contributed by atoms with E-state index in [0.29, 0.717) is 6.04 Å². The topological polar surface area (TPSA) is 39.6 Å². The second-order valence-corrected chi connectivity index (χ2v) is 5.33. The lowest BCUT2D eigenvalue weighted by Crippen LogP contribution is -2.45. The van der Waals surface area contributed by atoms with E-state index < -0.39 is 6.10 Å². The number of likely N-dealkylation sites (N-methyl/N-ethyl adjacent to an activating group) is 1. The zero-order valence-electron chi connectivity index (χ0n) is 11.5. The fraction of sp³-hybridized carbons (Fsp3) is 0.643. The van der Waals surface area contributed by atoms with E-state index in [-0.39, 0.29) is 0 Å². The van der Waals surface area contributed by atoms with Crippen LogP contribution < -0.4 is 4.90 Å². The SMILES string of the molecule is CC(O)c1ccc(N2CCCC(N(C)C)C2)nc1. The van der Waals surface area contributed by atoms with Gasteiger partial charge in [-0.15, -0.1) is 0 Å². The summed E-state index contributed by atoms with van der Waals surface area (Å²) < 4.78 is 0. The minimum atomic E-state index is -0.442. The first-order valence-corrected chi connectivity index (χ1v) is 6.63. The lowest BCUT2D eigenvalue weighted by atomic mass is 10.0. The number of anilines is 1. The van der Waals surface area contributed by atoms with Gasteiger partial charge in [0.1, 0.15) is 5.82 Å². The third-order valence-electron chi connectivity index (χ3n) is 3.70. The molecule has 2 unspecified atom stereocenters. The third kappa shape index (κ3) is 3.00. The van der Waals surface area contributed by atoms with Gasteiger partial charge in [0.15, 0.2) is 0 Å². The Labute approximate surface area is 109 Å². The van der Waals surface area contributed by atoms with E-state index in [9.17, 15) is 5.11 Å². The van der Waals surface area contributed by atoms with Crippen molar-refractivity contribution in [1.82, 2.24) is 9.88 Å². The van der Waals surface area contributed by atoms with Gasteiger partial charge < -0.3 is 14.9 Å². The van der Waals surface area contributed by atoms with Crippen molar-refractivity contribution < 1.29 is 5.11 Å². The highest BCUT2D eigenvalue weighted by molar-refractivity contribution is 5.40. The number of aliphatic hydroxyl groups is 1. The summed E-state index contributed by atoms with van der Waals surface area (Å²) in [6.07, 6.45) is 3.81. The predicted molar refractivity (Wildman–Crippen MR) is 73.8 cm³/mol. The van der Waals surface area contributed by atoms with Gasteiger partial charge >= 0.3 is 0 Å². The molecule has 2 atom stereocenters. The van der Waals surface area contributed by atoms with Crippen LogP contribution >= 0.6 is 0 Å². The molecule has 1 aromatic rings. The summed E-state index contributed by atoms with van der Waals surface area (Å²) in [6, 6.07) is 4.59. The molecule has 0 bridgehead atoms. The van der Waals surface area contributed by atoms with E-state index >= 15 is 0 Å². The van der Waals surface area contributed by atoms with E-state index in [1.54, 1.807) is 13.1 Å². The third-order valence-corrected chi connectivity index (χ3v) is 3.70. The first-order valence-electron chi connectivity index (χ1n) is 6.63. The number of piperidine rings is 1. The van der Waals surface area contributed by atoms with Gasteiger partial charge in [-0.25, -0.2) is 4.98 Å². The van der Waals surface area contributed by atoms with Crippen LogP contribution in [0.1, 0.15) is 31.4 Å². The Balaban J connectivity index is 2.06. The number of aliphatic hydroxyl groups excluding tert-OH is 1. The summed E-state index contributed by atoms with van der Waals surface area (Å²) in [4.78, 5) is 9.09. The van der Waals surface area contributed by atoms with Crippen LogP contribution in [0.3, 0.4) is 0 Å². The molecule has 0 amide bonds. The second-order valence-electron chi connectivity index (χ2n) is 5.33. The molecule has 4 nitrogen and oxygen atoms in total. The highest BCUT2D eigenvalue weighted by atomic mass is 16.3. The number of pyridine rings is 1. The molecule has 0 aliphatic carbocycles. The zero-order chi connectivity index (χ0) is 13.1. The van der Waals surface area contributed by atoms with Crippen LogP contribution in [0.4, 0.5) is 5.82 Å². The molecule has 1 N–H and O–H groups in total. The summed E-state index contributed by atoms with van der Waals surface area (Å²) in [5, 5.41) is 9.48. The van der Waals surface area contributed by atoms with Crippen LogP contribution in [0.25, 0.3) is 0 Å². The van der Waals surface area contributed by atoms with Crippen molar-refractivity contribution in [3.05, 3.63) is 23.9 Å². The van der Waals surface area contributed by atoms with E-state index in [1.807, 2.05) is 12.1 Å². The standard InChI is InChI=1S/C14H23N3O/c1-11(18)12-6-7-14(15-9-12)17-8-4-5-13(10-17)16(2)3/h6-7,9,11,13,18H,4-5,8,10H2,1-3H3. The summed E-state index contributed by atoms with van der Waals surface area (Å²) in [5.41, 5.74) is 0.875. The van der Waals surface area contributed by atoms with Gasteiger partial charge in [-0.05, 0) is 45.5 Å². The second kappa shape index (κ2) is 5.67.